The number of nitrogens with zero attached hydrogens (tertiary/aromatic N) is 1. The van der Waals surface area contributed by atoms with E-state index in [4.69, 9.17) is 4.74 Å². The third-order valence-electron chi connectivity index (χ3n) is 3.86. The summed E-state index contributed by atoms with van der Waals surface area (Å²) in [6, 6.07) is 4.23. The summed E-state index contributed by atoms with van der Waals surface area (Å²) < 4.78 is 6.00. The number of pyridine rings is 1. The van der Waals surface area contributed by atoms with Crippen molar-refractivity contribution in [2.45, 2.75) is 65.8 Å². The molecule has 21 heavy (non-hydrogen) atoms. The molecule has 1 rings (SSSR count). The third-order valence-corrected chi connectivity index (χ3v) is 3.86. The zero-order chi connectivity index (χ0) is 15.7. The summed E-state index contributed by atoms with van der Waals surface area (Å²) in [6.07, 6.45) is 4.96. The quantitative estimate of drug-likeness (QED) is 0.688. The number of aromatic nitrogens is 1. The van der Waals surface area contributed by atoms with Crippen molar-refractivity contribution in [1.29, 1.82) is 0 Å². The van der Waals surface area contributed by atoms with Gasteiger partial charge in [-0.15, -0.1) is 0 Å². The van der Waals surface area contributed by atoms with Gasteiger partial charge in [-0.3, -0.25) is 0 Å². The lowest BCUT2D eigenvalue weighted by molar-refractivity contribution is 0.225. The first kappa shape index (κ1) is 18.0. The Hall–Kier alpha value is -1.09. The van der Waals surface area contributed by atoms with Crippen LogP contribution in [0.2, 0.25) is 0 Å². The standard InChI is InChI=1S/C18H32N2O/c1-6-8-9-15(7-2)13-21-18-11-16(12-19-5)10-17(20-18)14(3)4/h10-11,14-15,19H,6-9,12-13H2,1-5H3. The van der Waals surface area contributed by atoms with Gasteiger partial charge in [-0.25, -0.2) is 4.98 Å². The Bertz CT molecular complexity index is 404. The fourth-order valence-electron chi connectivity index (χ4n) is 2.36. The van der Waals surface area contributed by atoms with Gasteiger partial charge in [0.1, 0.15) is 0 Å². The summed E-state index contributed by atoms with van der Waals surface area (Å²) in [5.41, 5.74) is 2.35. The fourth-order valence-corrected chi connectivity index (χ4v) is 2.36. The topological polar surface area (TPSA) is 34.1 Å². The Balaban J connectivity index is 2.71. The molecule has 0 radical (unpaired) electrons. The van der Waals surface area contributed by atoms with Crippen LogP contribution in [0.4, 0.5) is 0 Å². The van der Waals surface area contributed by atoms with Gasteiger partial charge in [0.25, 0.3) is 0 Å². The van der Waals surface area contributed by atoms with E-state index in [0.717, 1.165) is 24.7 Å². The lowest BCUT2D eigenvalue weighted by Crippen LogP contribution is -2.13. The average molecular weight is 292 g/mol. The molecule has 120 valence electrons. The van der Waals surface area contributed by atoms with Crippen molar-refractivity contribution >= 4 is 0 Å². The molecule has 0 aromatic carbocycles. The summed E-state index contributed by atoms with van der Waals surface area (Å²) in [5, 5.41) is 3.20. The highest BCUT2D eigenvalue weighted by atomic mass is 16.5. The first-order valence-electron chi connectivity index (χ1n) is 8.38. The number of nitrogens with one attached hydrogen (secondary N) is 1. The second-order valence-corrected chi connectivity index (χ2v) is 6.15. The molecule has 1 unspecified atom stereocenters. The molecule has 0 fully saturated rings. The van der Waals surface area contributed by atoms with Crippen molar-refractivity contribution in [2.24, 2.45) is 5.92 Å². The van der Waals surface area contributed by atoms with Crippen LogP contribution in [0, 0.1) is 5.92 Å². The van der Waals surface area contributed by atoms with Gasteiger partial charge in [0.2, 0.25) is 5.88 Å². The summed E-state index contributed by atoms with van der Waals surface area (Å²) in [5.74, 6) is 1.84. The molecule has 1 atom stereocenters. The number of unbranched alkanes of at least 4 members (excludes halogenated alkanes) is 1. The lowest BCUT2D eigenvalue weighted by atomic mass is 10.0. The highest BCUT2D eigenvalue weighted by Gasteiger charge is 2.10. The molecular formula is C18H32N2O. The monoisotopic (exact) mass is 292 g/mol. The van der Waals surface area contributed by atoms with Crippen LogP contribution in [0.25, 0.3) is 0 Å². The van der Waals surface area contributed by atoms with Gasteiger partial charge in [0, 0.05) is 18.3 Å². The van der Waals surface area contributed by atoms with Crippen LogP contribution in [-0.4, -0.2) is 18.6 Å². The first-order valence-corrected chi connectivity index (χ1v) is 8.38. The molecule has 0 bridgehead atoms. The van der Waals surface area contributed by atoms with Crippen LogP contribution in [0.1, 0.15) is 70.6 Å². The molecule has 0 aliphatic carbocycles. The zero-order valence-electron chi connectivity index (χ0n) is 14.4. The molecule has 1 heterocycles. The molecule has 0 aliphatic rings. The number of hydrogen-bond donors (Lipinski definition) is 1. The molecule has 3 nitrogen and oxygen atoms in total. The third kappa shape index (κ3) is 6.47. The van der Waals surface area contributed by atoms with Crippen LogP contribution in [0.3, 0.4) is 0 Å². The van der Waals surface area contributed by atoms with Gasteiger partial charge in [0.15, 0.2) is 0 Å². The molecule has 1 aromatic heterocycles. The Morgan fingerprint density at radius 2 is 2.00 bits per heavy atom. The van der Waals surface area contributed by atoms with Crippen LogP contribution in [0.15, 0.2) is 12.1 Å². The minimum Gasteiger partial charge on any atom is -0.477 e. The van der Waals surface area contributed by atoms with Crippen molar-refractivity contribution in [3.63, 3.8) is 0 Å². The molecule has 0 spiro atoms. The maximum Gasteiger partial charge on any atom is 0.213 e. The van der Waals surface area contributed by atoms with Crippen molar-refractivity contribution in [1.82, 2.24) is 10.3 Å². The van der Waals surface area contributed by atoms with E-state index in [9.17, 15) is 0 Å². The summed E-state index contributed by atoms with van der Waals surface area (Å²) in [7, 11) is 1.97. The zero-order valence-corrected chi connectivity index (χ0v) is 14.4. The molecular weight excluding hydrogens is 260 g/mol. The normalized spacial score (nSPS) is 12.7. The minimum atomic E-state index is 0.422. The molecule has 0 saturated carbocycles. The maximum atomic E-state index is 6.00. The smallest absolute Gasteiger partial charge is 0.213 e. The Morgan fingerprint density at radius 3 is 2.57 bits per heavy atom. The molecule has 1 aromatic rings. The van der Waals surface area contributed by atoms with Gasteiger partial charge in [0.05, 0.1) is 6.61 Å². The van der Waals surface area contributed by atoms with Crippen molar-refractivity contribution in [3.05, 3.63) is 23.4 Å². The van der Waals surface area contributed by atoms with E-state index < -0.39 is 0 Å². The van der Waals surface area contributed by atoms with Gasteiger partial charge in [-0.2, -0.15) is 0 Å². The van der Waals surface area contributed by atoms with Crippen molar-refractivity contribution < 1.29 is 4.74 Å². The van der Waals surface area contributed by atoms with E-state index in [-0.39, 0.29) is 0 Å². The van der Waals surface area contributed by atoms with Crippen LogP contribution >= 0.6 is 0 Å². The minimum absolute atomic E-state index is 0.422. The Morgan fingerprint density at radius 1 is 1.24 bits per heavy atom. The van der Waals surface area contributed by atoms with E-state index in [1.54, 1.807) is 0 Å². The van der Waals surface area contributed by atoms with Crippen LogP contribution in [-0.2, 0) is 6.54 Å². The second-order valence-electron chi connectivity index (χ2n) is 6.15. The molecule has 0 saturated heterocycles. The van der Waals surface area contributed by atoms with E-state index in [1.807, 2.05) is 7.05 Å². The summed E-state index contributed by atoms with van der Waals surface area (Å²) in [4.78, 5) is 4.65. The Labute approximate surface area is 130 Å². The number of ether oxygens (including phenoxy) is 1. The van der Waals surface area contributed by atoms with E-state index in [2.05, 4.69) is 50.1 Å². The molecule has 0 aliphatic heterocycles. The SMILES string of the molecule is CCCCC(CC)COc1cc(CNC)cc(C(C)C)n1. The van der Waals surface area contributed by atoms with E-state index in [1.165, 1.54) is 31.2 Å². The first-order chi connectivity index (χ1) is 10.1. The van der Waals surface area contributed by atoms with Crippen molar-refractivity contribution in [3.8, 4) is 5.88 Å². The molecule has 0 amide bonds. The summed E-state index contributed by atoms with van der Waals surface area (Å²) >= 11 is 0. The summed E-state index contributed by atoms with van der Waals surface area (Å²) in [6.45, 7) is 10.5. The van der Waals surface area contributed by atoms with Gasteiger partial charge < -0.3 is 10.1 Å². The van der Waals surface area contributed by atoms with E-state index in [0.29, 0.717) is 11.8 Å². The van der Waals surface area contributed by atoms with Gasteiger partial charge in [-0.1, -0.05) is 47.0 Å². The second kappa shape index (κ2) is 9.78. The van der Waals surface area contributed by atoms with Gasteiger partial charge in [-0.05, 0) is 36.9 Å². The average Bonchev–Trinajstić information content (AvgIpc) is 2.47. The van der Waals surface area contributed by atoms with Crippen molar-refractivity contribution in [2.75, 3.05) is 13.7 Å². The van der Waals surface area contributed by atoms with Crippen LogP contribution in [0.5, 0.6) is 5.88 Å². The van der Waals surface area contributed by atoms with E-state index >= 15 is 0 Å². The molecule has 1 N–H and O–H groups in total. The van der Waals surface area contributed by atoms with Crippen LogP contribution < -0.4 is 10.1 Å². The fraction of sp³-hybridized carbons (Fsp3) is 0.722. The molecule has 3 heteroatoms. The van der Waals surface area contributed by atoms with Gasteiger partial charge >= 0.3 is 0 Å². The highest BCUT2D eigenvalue weighted by molar-refractivity contribution is 5.26. The maximum absolute atomic E-state index is 6.00. The predicted molar refractivity (Wildman–Crippen MR) is 89.9 cm³/mol. The lowest BCUT2D eigenvalue weighted by Gasteiger charge is -2.17. The predicted octanol–water partition coefficient (Wildman–Crippen LogP) is 4.52. The number of hydrogen-bond acceptors (Lipinski definition) is 3. The number of rotatable bonds is 10. The Kier molecular flexibility index (Phi) is 8.36. The largest absolute Gasteiger partial charge is 0.477 e. The highest BCUT2D eigenvalue weighted by Crippen LogP contribution is 2.21.